The van der Waals surface area contributed by atoms with Crippen LogP contribution in [-0.2, 0) is 9.59 Å². The van der Waals surface area contributed by atoms with Gasteiger partial charge in [-0.1, -0.05) is 34.9 Å². The van der Waals surface area contributed by atoms with Gasteiger partial charge in [-0.15, -0.1) is 0 Å². The molecule has 0 saturated carbocycles. The van der Waals surface area contributed by atoms with Gasteiger partial charge < -0.3 is 0 Å². The summed E-state index contributed by atoms with van der Waals surface area (Å²) >= 11 is 0. The van der Waals surface area contributed by atoms with Crippen molar-refractivity contribution in [2.75, 3.05) is 0 Å². The van der Waals surface area contributed by atoms with E-state index in [4.69, 9.17) is 0 Å². The summed E-state index contributed by atoms with van der Waals surface area (Å²) in [6, 6.07) is 0. The largest absolute Gasteiger partial charge is 0.290 e. The highest BCUT2D eigenvalue weighted by Crippen LogP contribution is 2.15. The van der Waals surface area contributed by atoms with Crippen LogP contribution in [0.4, 0.5) is 0 Å². The van der Waals surface area contributed by atoms with Gasteiger partial charge in [0.2, 0.25) is 0 Å². The summed E-state index contributed by atoms with van der Waals surface area (Å²) in [6.07, 6.45) is 15.5. The first-order chi connectivity index (χ1) is 10.9. The molecule has 0 saturated heterocycles. The quantitative estimate of drug-likeness (QED) is 0.442. The van der Waals surface area contributed by atoms with Crippen molar-refractivity contribution in [3.8, 4) is 0 Å². The molecule has 0 aliphatic heterocycles. The Hall–Kier alpha value is -1.96. The van der Waals surface area contributed by atoms with Crippen LogP contribution in [0.1, 0.15) is 59.8 Å². The maximum absolute atomic E-state index is 11.7. The fourth-order valence-corrected chi connectivity index (χ4v) is 2.34. The Morgan fingerprint density at radius 2 is 1.48 bits per heavy atom. The monoisotopic (exact) mass is 312 g/mol. The molecule has 0 aromatic rings. The zero-order valence-electron chi connectivity index (χ0n) is 14.8. The molecule has 0 radical (unpaired) electrons. The van der Waals surface area contributed by atoms with Crippen molar-refractivity contribution in [1.29, 1.82) is 0 Å². The van der Waals surface area contributed by atoms with Gasteiger partial charge in [0.05, 0.1) is 0 Å². The second kappa shape index (κ2) is 9.94. The molecular weight excluding hydrogens is 284 g/mol. The lowest BCUT2D eigenvalue weighted by molar-refractivity contribution is -0.114. The van der Waals surface area contributed by atoms with Gasteiger partial charge in [0, 0.05) is 5.57 Å². The van der Waals surface area contributed by atoms with E-state index in [2.05, 4.69) is 45.9 Å². The van der Waals surface area contributed by atoms with Crippen LogP contribution in [0.3, 0.4) is 0 Å². The first-order valence-electron chi connectivity index (χ1n) is 8.30. The van der Waals surface area contributed by atoms with Crippen LogP contribution >= 0.6 is 0 Å². The van der Waals surface area contributed by atoms with Crippen LogP contribution in [0, 0.1) is 0 Å². The Balaban J connectivity index is 2.38. The van der Waals surface area contributed by atoms with E-state index in [0.29, 0.717) is 12.0 Å². The molecule has 124 valence electrons. The van der Waals surface area contributed by atoms with E-state index < -0.39 is 0 Å². The Kier molecular flexibility index (Phi) is 8.25. The molecule has 1 aliphatic carbocycles. The molecule has 0 N–H and O–H groups in total. The standard InChI is InChI=1S/C21H28O2/c1-16(2)7-5-8-17(3)9-6-10-18(4)11-12-19-15-20(22)13-14-21(19)23/h7,9,11,13-15H,5-6,8,10,12H2,1-4H3/b17-9+,18-11+. The van der Waals surface area contributed by atoms with Crippen molar-refractivity contribution < 1.29 is 9.59 Å². The van der Waals surface area contributed by atoms with Gasteiger partial charge in [-0.2, -0.15) is 0 Å². The maximum atomic E-state index is 11.7. The molecular formula is C21H28O2. The Morgan fingerprint density at radius 3 is 2.13 bits per heavy atom. The molecule has 0 bridgehead atoms. The van der Waals surface area contributed by atoms with E-state index in [1.165, 1.54) is 34.9 Å². The maximum Gasteiger partial charge on any atom is 0.182 e. The smallest absolute Gasteiger partial charge is 0.182 e. The Bertz CT molecular complexity index is 591. The van der Waals surface area contributed by atoms with Crippen molar-refractivity contribution in [1.82, 2.24) is 0 Å². The summed E-state index contributed by atoms with van der Waals surface area (Å²) in [5.74, 6) is -0.149. The second-order valence-electron chi connectivity index (χ2n) is 6.43. The van der Waals surface area contributed by atoms with Gasteiger partial charge in [-0.3, -0.25) is 9.59 Å². The van der Waals surface area contributed by atoms with Crippen LogP contribution < -0.4 is 0 Å². The minimum Gasteiger partial charge on any atom is -0.290 e. The number of carbonyl (C=O) groups excluding carboxylic acids is 2. The van der Waals surface area contributed by atoms with E-state index in [1.807, 2.05) is 0 Å². The van der Waals surface area contributed by atoms with E-state index in [9.17, 15) is 9.59 Å². The fourth-order valence-electron chi connectivity index (χ4n) is 2.34. The van der Waals surface area contributed by atoms with Crippen LogP contribution in [0.25, 0.3) is 0 Å². The van der Waals surface area contributed by atoms with E-state index >= 15 is 0 Å². The molecule has 2 nitrogen and oxygen atoms in total. The van der Waals surface area contributed by atoms with Gasteiger partial charge in [-0.05, 0) is 78.0 Å². The topological polar surface area (TPSA) is 34.1 Å². The molecule has 23 heavy (non-hydrogen) atoms. The molecule has 1 aliphatic rings. The van der Waals surface area contributed by atoms with Crippen LogP contribution in [0.15, 0.2) is 58.7 Å². The predicted molar refractivity (Wildman–Crippen MR) is 97.3 cm³/mol. The highest BCUT2D eigenvalue weighted by molar-refractivity contribution is 6.17. The molecule has 0 spiro atoms. The third-order valence-electron chi connectivity index (χ3n) is 3.83. The minimum absolute atomic E-state index is 0.0522. The molecule has 2 heteroatoms. The zero-order chi connectivity index (χ0) is 17.2. The average molecular weight is 312 g/mol. The van der Waals surface area contributed by atoms with Crippen LogP contribution in [-0.4, -0.2) is 11.6 Å². The number of rotatable bonds is 8. The van der Waals surface area contributed by atoms with Crippen molar-refractivity contribution >= 4 is 11.6 Å². The summed E-state index contributed by atoms with van der Waals surface area (Å²) < 4.78 is 0. The number of carbonyl (C=O) groups is 2. The third kappa shape index (κ3) is 8.29. The summed E-state index contributed by atoms with van der Waals surface area (Å²) in [4.78, 5) is 22.9. The second-order valence-corrected chi connectivity index (χ2v) is 6.43. The van der Waals surface area contributed by atoms with Crippen molar-refractivity contribution in [2.24, 2.45) is 0 Å². The summed E-state index contributed by atoms with van der Waals surface area (Å²) in [5, 5.41) is 0. The number of allylic oxidation sites excluding steroid dienone is 10. The number of hydrogen-bond acceptors (Lipinski definition) is 2. The lowest BCUT2D eigenvalue weighted by atomic mass is 9.99. The van der Waals surface area contributed by atoms with E-state index in [0.717, 1.165) is 25.7 Å². The fraction of sp³-hybridized carbons (Fsp3) is 0.429. The summed E-state index contributed by atoms with van der Waals surface area (Å²) in [6.45, 7) is 8.52. The normalized spacial score (nSPS) is 15.7. The molecule has 0 fully saturated rings. The van der Waals surface area contributed by atoms with Crippen molar-refractivity contribution in [2.45, 2.75) is 59.8 Å². The molecule has 0 unspecified atom stereocenters. The lowest BCUT2D eigenvalue weighted by Gasteiger charge is -2.05. The van der Waals surface area contributed by atoms with Gasteiger partial charge >= 0.3 is 0 Å². The molecule has 0 aromatic heterocycles. The van der Waals surface area contributed by atoms with E-state index in [1.54, 1.807) is 0 Å². The summed E-state index contributed by atoms with van der Waals surface area (Å²) in [7, 11) is 0. The van der Waals surface area contributed by atoms with Gasteiger partial charge in [0.1, 0.15) is 0 Å². The molecule has 0 atom stereocenters. The van der Waals surface area contributed by atoms with Crippen LogP contribution in [0.5, 0.6) is 0 Å². The van der Waals surface area contributed by atoms with E-state index in [-0.39, 0.29) is 11.6 Å². The molecule has 0 amide bonds. The van der Waals surface area contributed by atoms with Gasteiger partial charge in [-0.25, -0.2) is 0 Å². The molecule has 0 heterocycles. The summed E-state index contributed by atoms with van der Waals surface area (Å²) in [5.41, 5.74) is 4.65. The zero-order valence-corrected chi connectivity index (χ0v) is 14.8. The SMILES string of the molecule is CC(C)=CCC/C(C)=C/CC/C(C)=C/CC1=CC(=O)C=CC1=O. The van der Waals surface area contributed by atoms with Crippen molar-refractivity contribution in [3.63, 3.8) is 0 Å². The van der Waals surface area contributed by atoms with Crippen molar-refractivity contribution in [3.05, 3.63) is 58.7 Å². The number of ketones is 2. The van der Waals surface area contributed by atoms with Crippen LogP contribution in [0.2, 0.25) is 0 Å². The average Bonchev–Trinajstić information content (AvgIpc) is 2.48. The lowest BCUT2D eigenvalue weighted by Crippen LogP contribution is -2.06. The molecule has 1 rings (SSSR count). The highest BCUT2D eigenvalue weighted by atomic mass is 16.1. The Labute approximate surface area is 140 Å². The first kappa shape index (κ1) is 19.1. The predicted octanol–water partition coefficient (Wildman–Crippen LogP) is 5.43. The highest BCUT2D eigenvalue weighted by Gasteiger charge is 2.11. The molecule has 0 aromatic carbocycles. The third-order valence-corrected chi connectivity index (χ3v) is 3.83. The Morgan fingerprint density at radius 1 is 0.870 bits per heavy atom. The van der Waals surface area contributed by atoms with Gasteiger partial charge in [0.15, 0.2) is 11.6 Å². The minimum atomic E-state index is -0.0967. The van der Waals surface area contributed by atoms with Gasteiger partial charge in [0.25, 0.3) is 0 Å². The first-order valence-corrected chi connectivity index (χ1v) is 8.30. The number of hydrogen-bond donors (Lipinski definition) is 0.